The van der Waals surface area contributed by atoms with Crippen molar-refractivity contribution in [3.8, 4) is 0 Å². The number of carbonyl (C=O) groups is 1. The van der Waals surface area contributed by atoms with Gasteiger partial charge in [-0.15, -0.1) is 0 Å². The fourth-order valence-electron chi connectivity index (χ4n) is 2.51. The number of fused-ring (bicyclic) bond motifs is 1. The maximum atomic E-state index is 12.1. The second kappa shape index (κ2) is 5.58. The second-order valence-corrected chi connectivity index (χ2v) is 5.27. The molecule has 3 rings (SSSR count). The number of amides is 1. The summed E-state index contributed by atoms with van der Waals surface area (Å²) in [4.78, 5) is 16.3. The summed E-state index contributed by atoms with van der Waals surface area (Å²) in [5, 5.41) is 10.9. The van der Waals surface area contributed by atoms with Gasteiger partial charge in [0.05, 0.1) is 16.6 Å². The number of aromatic nitrogens is 2. The van der Waals surface area contributed by atoms with Crippen LogP contribution >= 0.6 is 0 Å². The van der Waals surface area contributed by atoms with Gasteiger partial charge in [-0.1, -0.05) is 5.16 Å². The number of nitrogens with one attached hydrogen (secondary N) is 2. The van der Waals surface area contributed by atoms with Crippen molar-refractivity contribution in [1.82, 2.24) is 20.8 Å². The van der Waals surface area contributed by atoms with E-state index >= 15 is 0 Å². The summed E-state index contributed by atoms with van der Waals surface area (Å²) in [6, 6.07) is 1.78. The van der Waals surface area contributed by atoms with Crippen LogP contribution in [0.25, 0.3) is 11.1 Å². The molecule has 2 aromatic rings. The van der Waals surface area contributed by atoms with E-state index in [0.717, 1.165) is 30.6 Å². The molecule has 1 unspecified atom stereocenters. The molecule has 1 amide bonds. The van der Waals surface area contributed by atoms with Gasteiger partial charge in [-0.25, -0.2) is 4.98 Å². The highest BCUT2D eigenvalue weighted by molar-refractivity contribution is 5.96. The molecule has 0 radical (unpaired) electrons. The average molecular weight is 274 g/mol. The van der Waals surface area contributed by atoms with E-state index in [1.807, 2.05) is 6.92 Å². The lowest BCUT2D eigenvalue weighted by molar-refractivity contribution is 0.0944. The maximum absolute atomic E-state index is 12.1. The van der Waals surface area contributed by atoms with E-state index in [9.17, 15) is 4.79 Å². The van der Waals surface area contributed by atoms with Gasteiger partial charge in [-0.2, -0.15) is 0 Å². The molecular weight excluding hydrogens is 256 g/mol. The topological polar surface area (TPSA) is 80.0 Å². The van der Waals surface area contributed by atoms with Gasteiger partial charge in [-0.3, -0.25) is 4.79 Å². The van der Waals surface area contributed by atoms with E-state index < -0.39 is 0 Å². The lowest BCUT2D eigenvalue weighted by atomic mass is 10.00. The second-order valence-electron chi connectivity index (χ2n) is 5.27. The molecule has 0 saturated carbocycles. The van der Waals surface area contributed by atoms with Crippen molar-refractivity contribution in [3.63, 3.8) is 0 Å². The quantitative estimate of drug-likeness (QED) is 0.880. The van der Waals surface area contributed by atoms with Crippen LogP contribution < -0.4 is 10.6 Å². The normalized spacial score (nSPS) is 19.1. The Labute approximate surface area is 116 Å². The van der Waals surface area contributed by atoms with E-state index in [1.54, 1.807) is 6.07 Å². The largest absolute Gasteiger partial charge is 0.352 e. The van der Waals surface area contributed by atoms with E-state index in [2.05, 4.69) is 20.8 Å². The maximum Gasteiger partial charge on any atom is 0.257 e. The van der Waals surface area contributed by atoms with Crippen molar-refractivity contribution in [2.24, 2.45) is 5.92 Å². The molecule has 1 fully saturated rings. The summed E-state index contributed by atoms with van der Waals surface area (Å²) >= 11 is 0. The van der Waals surface area contributed by atoms with Crippen molar-refractivity contribution in [1.29, 1.82) is 0 Å². The summed E-state index contributed by atoms with van der Waals surface area (Å²) in [6.07, 6.45) is 3.87. The van der Waals surface area contributed by atoms with Crippen LogP contribution in [0.1, 0.15) is 28.9 Å². The number of hydrogen-bond donors (Lipinski definition) is 2. The summed E-state index contributed by atoms with van der Waals surface area (Å²) in [7, 11) is 0. The van der Waals surface area contributed by atoms with Gasteiger partial charge in [-0.05, 0) is 44.8 Å². The van der Waals surface area contributed by atoms with Gasteiger partial charge < -0.3 is 15.2 Å². The Bertz CT molecular complexity index is 617. The van der Waals surface area contributed by atoms with E-state index in [0.29, 0.717) is 23.7 Å². The summed E-state index contributed by atoms with van der Waals surface area (Å²) in [6.45, 7) is 4.59. The Morgan fingerprint density at radius 3 is 3.30 bits per heavy atom. The third kappa shape index (κ3) is 2.65. The lowest BCUT2D eigenvalue weighted by Gasteiger charge is -2.22. The Morgan fingerprint density at radius 2 is 2.50 bits per heavy atom. The predicted octanol–water partition coefficient (Wildman–Crippen LogP) is 1.26. The van der Waals surface area contributed by atoms with Crippen LogP contribution in [0.3, 0.4) is 0 Å². The van der Waals surface area contributed by atoms with Crippen molar-refractivity contribution in [2.75, 3.05) is 19.6 Å². The number of hydrogen-bond acceptors (Lipinski definition) is 5. The van der Waals surface area contributed by atoms with Crippen LogP contribution in [-0.2, 0) is 0 Å². The van der Waals surface area contributed by atoms with Crippen LogP contribution in [0.15, 0.2) is 16.8 Å². The fourth-order valence-corrected chi connectivity index (χ4v) is 2.51. The molecule has 3 heterocycles. The molecule has 0 spiro atoms. The SMILES string of the molecule is Cc1noc2ncc(C(=O)NCC3CCCNC3)cc12. The average Bonchev–Trinajstić information content (AvgIpc) is 2.87. The summed E-state index contributed by atoms with van der Waals surface area (Å²) in [5.41, 5.74) is 1.77. The Kier molecular flexibility index (Phi) is 3.64. The molecule has 0 bridgehead atoms. The standard InChI is InChI=1S/C14H18N4O2/c1-9-12-5-11(8-17-14(12)20-18-9)13(19)16-7-10-3-2-4-15-6-10/h5,8,10,15H,2-4,6-7H2,1H3,(H,16,19). The summed E-state index contributed by atoms with van der Waals surface area (Å²) < 4.78 is 5.04. The molecule has 1 aliphatic heterocycles. The van der Waals surface area contributed by atoms with Gasteiger partial charge in [0.25, 0.3) is 11.6 Å². The minimum Gasteiger partial charge on any atom is -0.352 e. The molecule has 1 aliphatic rings. The first-order chi connectivity index (χ1) is 9.74. The fraction of sp³-hybridized carbons (Fsp3) is 0.500. The molecular formula is C14H18N4O2. The Morgan fingerprint density at radius 1 is 1.60 bits per heavy atom. The first kappa shape index (κ1) is 13.1. The van der Waals surface area contributed by atoms with Gasteiger partial charge >= 0.3 is 0 Å². The van der Waals surface area contributed by atoms with Crippen LogP contribution in [0, 0.1) is 12.8 Å². The minimum absolute atomic E-state index is 0.0921. The monoisotopic (exact) mass is 274 g/mol. The van der Waals surface area contributed by atoms with Crippen LogP contribution in [0.5, 0.6) is 0 Å². The third-order valence-corrected chi connectivity index (χ3v) is 3.72. The van der Waals surface area contributed by atoms with Crippen molar-refractivity contribution >= 4 is 17.0 Å². The molecule has 2 aromatic heterocycles. The lowest BCUT2D eigenvalue weighted by Crippen LogP contribution is -2.38. The first-order valence-electron chi connectivity index (χ1n) is 6.95. The zero-order valence-corrected chi connectivity index (χ0v) is 11.5. The highest BCUT2D eigenvalue weighted by Gasteiger charge is 2.15. The first-order valence-corrected chi connectivity index (χ1v) is 6.95. The molecule has 106 valence electrons. The molecule has 1 atom stereocenters. The van der Waals surface area contributed by atoms with Crippen LogP contribution in [0.2, 0.25) is 0 Å². The highest BCUT2D eigenvalue weighted by Crippen LogP contribution is 2.16. The zero-order valence-electron chi connectivity index (χ0n) is 11.5. The number of carbonyl (C=O) groups excluding carboxylic acids is 1. The minimum atomic E-state index is -0.0921. The number of pyridine rings is 1. The smallest absolute Gasteiger partial charge is 0.257 e. The molecule has 6 nitrogen and oxygen atoms in total. The van der Waals surface area contributed by atoms with E-state index in [4.69, 9.17) is 4.52 Å². The number of piperidine rings is 1. The van der Waals surface area contributed by atoms with Crippen molar-refractivity contribution in [3.05, 3.63) is 23.5 Å². The van der Waals surface area contributed by atoms with Gasteiger partial charge in [0, 0.05) is 12.7 Å². The highest BCUT2D eigenvalue weighted by atomic mass is 16.5. The molecule has 0 aliphatic carbocycles. The zero-order chi connectivity index (χ0) is 13.9. The molecule has 0 aromatic carbocycles. The van der Waals surface area contributed by atoms with Gasteiger partial charge in [0.2, 0.25) is 0 Å². The predicted molar refractivity (Wildman–Crippen MR) is 74.5 cm³/mol. The Balaban J connectivity index is 1.67. The number of nitrogens with zero attached hydrogens (tertiary/aromatic N) is 2. The van der Waals surface area contributed by atoms with Crippen LogP contribution in [0.4, 0.5) is 0 Å². The van der Waals surface area contributed by atoms with Gasteiger partial charge in [0.1, 0.15) is 0 Å². The molecule has 2 N–H and O–H groups in total. The third-order valence-electron chi connectivity index (χ3n) is 3.72. The number of rotatable bonds is 3. The van der Waals surface area contributed by atoms with E-state index in [1.165, 1.54) is 12.6 Å². The van der Waals surface area contributed by atoms with E-state index in [-0.39, 0.29) is 5.91 Å². The Hall–Kier alpha value is -1.95. The molecule has 20 heavy (non-hydrogen) atoms. The molecule has 6 heteroatoms. The van der Waals surface area contributed by atoms with Crippen LogP contribution in [-0.4, -0.2) is 35.7 Å². The number of aryl methyl sites for hydroxylation is 1. The van der Waals surface area contributed by atoms with Gasteiger partial charge in [0.15, 0.2) is 0 Å². The van der Waals surface area contributed by atoms with Crippen molar-refractivity contribution < 1.29 is 9.32 Å². The molecule has 1 saturated heterocycles. The van der Waals surface area contributed by atoms with Crippen molar-refractivity contribution in [2.45, 2.75) is 19.8 Å². The summed E-state index contributed by atoms with van der Waals surface area (Å²) in [5.74, 6) is 0.423.